The molecule has 2 bridgehead atoms. The number of aliphatic hydroxyl groups is 1. The van der Waals surface area contributed by atoms with E-state index in [4.69, 9.17) is 16.1 Å². The minimum Gasteiger partial charge on any atom is -0.508 e. The summed E-state index contributed by atoms with van der Waals surface area (Å²) in [6, 6.07) is 6.44. The molecule has 6 fully saturated rings. The Morgan fingerprint density at radius 3 is 2.42 bits per heavy atom. The Labute approximate surface area is 435 Å². The first-order valence-electron chi connectivity index (χ1n) is 25.7. The van der Waals surface area contributed by atoms with Gasteiger partial charge in [0.2, 0.25) is 16.0 Å². The van der Waals surface area contributed by atoms with E-state index in [1.807, 2.05) is 0 Å². The highest BCUT2D eigenvalue weighted by molar-refractivity contribution is 7.88. The number of phenols is 1. The lowest BCUT2D eigenvalue weighted by Crippen LogP contribution is -2.51. The molecule has 5 aliphatic heterocycles. The van der Waals surface area contributed by atoms with Gasteiger partial charge in [0.1, 0.15) is 47.0 Å². The quantitative estimate of drug-likeness (QED) is 0.0828. The summed E-state index contributed by atoms with van der Waals surface area (Å²) in [4.78, 5) is 39.7. The Morgan fingerprint density at radius 1 is 0.961 bits per heavy atom. The van der Waals surface area contributed by atoms with Crippen LogP contribution in [0.25, 0.3) is 44.0 Å². The van der Waals surface area contributed by atoms with Crippen LogP contribution in [-0.4, -0.2) is 145 Å². The minimum absolute atomic E-state index is 0.00778. The normalized spacial score (nSPS) is 26.1. The van der Waals surface area contributed by atoms with Crippen molar-refractivity contribution >= 4 is 54.5 Å². The molecule has 9 heterocycles. The number of sulfonamides is 1. The van der Waals surface area contributed by atoms with Crippen LogP contribution in [0.5, 0.6) is 11.8 Å². The second-order valence-electron chi connectivity index (χ2n) is 21.5. The minimum atomic E-state index is -3.24. The van der Waals surface area contributed by atoms with E-state index >= 15 is 4.39 Å². The summed E-state index contributed by atoms with van der Waals surface area (Å²) in [6.07, 6.45) is 12.9. The fourth-order valence-corrected chi connectivity index (χ4v) is 13.5. The number of benzene rings is 2. The molecule has 0 radical (unpaired) electrons. The number of terminal acetylenes is 1. The molecule has 6 atom stereocenters. The van der Waals surface area contributed by atoms with Gasteiger partial charge in [-0.3, -0.25) is 19.2 Å². The Morgan fingerprint density at radius 2 is 1.72 bits per heavy atom. The van der Waals surface area contributed by atoms with Crippen molar-refractivity contribution < 1.29 is 45.3 Å². The van der Waals surface area contributed by atoms with E-state index in [0.717, 1.165) is 38.3 Å². The molecule has 2 aromatic carbocycles. The van der Waals surface area contributed by atoms with Gasteiger partial charge in [-0.05, 0) is 101 Å². The van der Waals surface area contributed by atoms with Crippen molar-refractivity contribution in [2.45, 2.75) is 119 Å². The molecule has 5 saturated heterocycles. The Kier molecular flexibility index (Phi) is 13.6. The van der Waals surface area contributed by atoms with Crippen molar-refractivity contribution in [3.63, 3.8) is 0 Å². The average molecular weight is 1070 g/mol. The molecule has 0 amide bonds. The number of aromatic nitrogens is 6. The standard InChI is InChI=1S/C33H31F3N6O2.C20H27F2N5O4S/c1-2-23-26(35)7-4-18-10-22(43)11-24(27(18)23)29-28(36)30-25(13-37-29)31(41-15-20-5-6-21(16-41)38-20)40-32(39-30)44-17-33-8-3-9-42(33)14-19(34)12-33;1-20(29)7-3-4-15(20)27-17-12(10-14(16(21)22)18(27)28)11-23-19(25-17)24-13-5-8-26(9-6-13)32(2,30)31/h1,4,7,10-11,13,19-21,38,43H,3,5-6,8-9,12,14-17H2;10-11,13,15-16,29H,3-9H2,1-2H3,(H,23,24,25). The van der Waals surface area contributed by atoms with Crippen molar-refractivity contribution in [2.75, 3.05) is 62.3 Å². The number of alkyl halides is 3. The number of piperidine rings is 1. The molecule has 6 unspecified atom stereocenters. The third kappa shape index (κ3) is 9.64. The smallest absolute Gasteiger partial charge is 0.319 e. The van der Waals surface area contributed by atoms with Gasteiger partial charge in [0.15, 0.2) is 5.82 Å². The third-order valence-electron chi connectivity index (χ3n) is 16.3. The average Bonchev–Trinajstić information content (AvgIpc) is 4.14. The zero-order valence-electron chi connectivity index (χ0n) is 42.0. The second-order valence-corrected chi connectivity index (χ2v) is 23.5. The van der Waals surface area contributed by atoms with Crippen LogP contribution in [-0.2, 0) is 10.0 Å². The summed E-state index contributed by atoms with van der Waals surface area (Å²) in [5, 5.41) is 29.5. The van der Waals surface area contributed by atoms with Crippen LogP contribution in [0, 0.1) is 24.0 Å². The highest BCUT2D eigenvalue weighted by Crippen LogP contribution is 2.43. The van der Waals surface area contributed by atoms with Gasteiger partial charge >= 0.3 is 6.01 Å². The Bertz CT molecular complexity index is 3470. The van der Waals surface area contributed by atoms with E-state index in [0.29, 0.717) is 105 Å². The summed E-state index contributed by atoms with van der Waals surface area (Å²) in [5.41, 5.74) is -2.99. The molecule has 0 spiro atoms. The van der Waals surface area contributed by atoms with Crippen LogP contribution in [0.4, 0.5) is 33.7 Å². The number of phenolic OH excluding ortho intramolecular Hbond substituents is 1. The maximum atomic E-state index is 16.7. The lowest BCUT2D eigenvalue weighted by molar-refractivity contribution is 0.0261. The number of anilines is 2. The number of hydrogen-bond acceptors (Lipinski definition) is 15. The van der Waals surface area contributed by atoms with E-state index in [1.165, 1.54) is 51.8 Å². The number of rotatable bonds is 10. The zero-order valence-corrected chi connectivity index (χ0v) is 42.8. The highest BCUT2D eigenvalue weighted by atomic mass is 32.2. The number of aromatic hydroxyl groups is 1. The maximum absolute atomic E-state index is 16.7. The van der Waals surface area contributed by atoms with Crippen LogP contribution in [0.3, 0.4) is 0 Å². The summed E-state index contributed by atoms with van der Waals surface area (Å²) in [6.45, 7) is 5.14. The lowest BCUT2D eigenvalue weighted by atomic mass is 9.95. The molecular formula is C53H58F5N11O6S. The second kappa shape index (κ2) is 19.9. The van der Waals surface area contributed by atoms with Gasteiger partial charge in [0.25, 0.3) is 12.0 Å². The van der Waals surface area contributed by atoms with Gasteiger partial charge in [-0.15, -0.1) is 6.42 Å². The van der Waals surface area contributed by atoms with Gasteiger partial charge in [-0.25, -0.2) is 39.7 Å². The number of pyridine rings is 2. The molecule has 17 nitrogen and oxygen atoms in total. The van der Waals surface area contributed by atoms with Gasteiger partial charge in [-0.2, -0.15) is 15.0 Å². The van der Waals surface area contributed by atoms with E-state index < -0.39 is 62.6 Å². The van der Waals surface area contributed by atoms with Gasteiger partial charge < -0.3 is 30.5 Å². The molecule has 6 aromatic rings. The van der Waals surface area contributed by atoms with E-state index in [2.05, 4.69) is 46.3 Å². The van der Waals surface area contributed by atoms with Crippen molar-refractivity contribution in [2.24, 2.45) is 0 Å². The molecule has 23 heteroatoms. The molecule has 12 rings (SSSR count). The monoisotopic (exact) mass is 1070 g/mol. The van der Waals surface area contributed by atoms with E-state index in [1.54, 1.807) is 6.92 Å². The molecule has 4 N–H and O–H groups in total. The first kappa shape index (κ1) is 51.8. The van der Waals surface area contributed by atoms with E-state index in [-0.39, 0.29) is 63.7 Å². The number of fused-ring (bicyclic) bond motifs is 6. The first-order chi connectivity index (χ1) is 36.3. The summed E-state index contributed by atoms with van der Waals surface area (Å²) in [7, 11) is -3.24. The molecule has 1 saturated carbocycles. The number of nitrogens with zero attached hydrogens (tertiary/aromatic N) is 9. The highest BCUT2D eigenvalue weighted by Gasteiger charge is 2.49. The molecule has 76 heavy (non-hydrogen) atoms. The van der Waals surface area contributed by atoms with Crippen molar-refractivity contribution in [1.29, 1.82) is 0 Å². The van der Waals surface area contributed by atoms with Gasteiger partial charge in [0.05, 0.1) is 40.0 Å². The van der Waals surface area contributed by atoms with Crippen molar-refractivity contribution in [1.82, 2.24) is 44.0 Å². The number of hydrogen-bond donors (Lipinski definition) is 4. The fraction of sp³-hybridized carbons (Fsp3) is 0.509. The molecule has 4 aromatic heterocycles. The van der Waals surface area contributed by atoms with Crippen LogP contribution in [0.1, 0.15) is 94.7 Å². The summed E-state index contributed by atoms with van der Waals surface area (Å²) in [5.74, 6) is 1.57. The van der Waals surface area contributed by atoms with Crippen molar-refractivity contribution in [3.8, 4) is 35.4 Å². The molecular weight excluding hydrogens is 1010 g/mol. The largest absolute Gasteiger partial charge is 0.508 e. The van der Waals surface area contributed by atoms with Crippen LogP contribution < -0.4 is 25.8 Å². The predicted molar refractivity (Wildman–Crippen MR) is 276 cm³/mol. The topological polar surface area (TPSA) is 204 Å². The number of halogens is 5. The van der Waals surface area contributed by atoms with Gasteiger partial charge in [0, 0.05) is 86.0 Å². The Balaban J connectivity index is 0.000000171. The third-order valence-corrected chi connectivity index (χ3v) is 17.6. The van der Waals surface area contributed by atoms with Crippen LogP contribution >= 0.6 is 0 Å². The van der Waals surface area contributed by atoms with Crippen molar-refractivity contribution in [3.05, 3.63) is 75.8 Å². The predicted octanol–water partition coefficient (Wildman–Crippen LogP) is 6.75. The lowest BCUT2D eigenvalue weighted by Gasteiger charge is -2.34. The summed E-state index contributed by atoms with van der Waals surface area (Å²) < 4.78 is 105. The summed E-state index contributed by atoms with van der Waals surface area (Å²) >= 11 is 0. The van der Waals surface area contributed by atoms with Crippen LogP contribution in [0.2, 0.25) is 0 Å². The number of ether oxygens (including phenoxy) is 1. The van der Waals surface area contributed by atoms with E-state index in [9.17, 15) is 41.0 Å². The SMILES string of the molecule is C#Cc1c(F)ccc2cc(O)cc(-c3ncc4c(N5CC6CCC(C5)N6)nc(OCC56CCCN5CC(F)C6)nc4c3F)c12.CC1(O)CCCC1n1c(=O)c(C(F)F)cc2cnc(NC3CCN(S(C)(=O)=O)CC3)nc21. The molecule has 402 valence electrons. The first-order valence-corrected chi connectivity index (χ1v) is 27.6. The fourth-order valence-electron chi connectivity index (χ4n) is 12.6. The van der Waals surface area contributed by atoms with Gasteiger partial charge in [-0.1, -0.05) is 12.0 Å². The van der Waals surface area contributed by atoms with Crippen LogP contribution in [0.15, 0.2) is 47.5 Å². The number of nitrogens with one attached hydrogen (secondary N) is 2. The molecule has 6 aliphatic rings. The zero-order chi connectivity index (χ0) is 53.4. The molecule has 1 aliphatic carbocycles. The Hall–Kier alpha value is -6.32. The maximum Gasteiger partial charge on any atom is 0.319 e. The number of piperazine rings is 1.